The van der Waals surface area contributed by atoms with Crippen LogP contribution in [0.3, 0.4) is 0 Å². The number of pyridine rings is 1. The van der Waals surface area contributed by atoms with Crippen LogP contribution < -0.4 is 10.6 Å². The van der Waals surface area contributed by atoms with E-state index >= 15 is 0 Å². The predicted octanol–water partition coefficient (Wildman–Crippen LogP) is 4.38. The lowest BCUT2D eigenvalue weighted by Gasteiger charge is -2.21. The van der Waals surface area contributed by atoms with Crippen molar-refractivity contribution in [3.63, 3.8) is 0 Å². The van der Waals surface area contributed by atoms with Gasteiger partial charge >= 0.3 is 6.03 Å². The molecule has 0 spiro atoms. The molecule has 3 N–H and O–H groups in total. The molecular formula is C22H26N6O2. The smallest absolute Gasteiger partial charge is 0.323 e. The predicted molar refractivity (Wildman–Crippen MR) is 117 cm³/mol. The molecule has 0 saturated heterocycles. The number of H-pyrrole nitrogens is 1. The fraction of sp³-hybridized carbons (Fsp3) is 0.273. The maximum absolute atomic E-state index is 12.7. The molecule has 156 valence electrons. The highest BCUT2D eigenvalue weighted by atomic mass is 16.2. The molecule has 0 aliphatic carbocycles. The highest BCUT2D eigenvalue weighted by Crippen LogP contribution is 2.23. The van der Waals surface area contributed by atoms with Crippen molar-refractivity contribution in [1.82, 2.24) is 20.1 Å². The van der Waals surface area contributed by atoms with Gasteiger partial charge in [0.05, 0.1) is 17.6 Å². The highest BCUT2D eigenvalue weighted by Gasteiger charge is 2.15. The fourth-order valence-corrected chi connectivity index (χ4v) is 3.10. The molecule has 8 nitrogen and oxygen atoms in total. The van der Waals surface area contributed by atoms with Crippen molar-refractivity contribution in [1.29, 1.82) is 0 Å². The fourth-order valence-electron chi connectivity index (χ4n) is 3.10. The second-order valence-electron chi connectivity index (χ2n) is 6.82. The van der Waals surface area contributed by atoms with Gasteiger partial charge in [0, 0.05) is 30.5 Å². The van der Waals surface area contributed by atoms with Crippen LogP contribution in [0.2, 0.25) is 0 Å². The minimum absolute atomic E-state index is 0.00750. The van der Waals surface area contributed by atoms with Crippen molar-refractivity contribution in [3.8, 4) is 11.4 Å². The van der Waals surface area contributed by atoms with Gasteiger partial charge in [-0.05, 0) is 49.2 Å². The standard InChI is InChI=1S/C22H26N6O2/c1-3-13-28(14-4-2)21(29)16-8-10-17(11-9-16)25-22(30)26-19-15-24-27-20(19)18-7-5-6-12-23-18/h5-12,15H,3-4,13-14H2,1-2H3,(H,24,27)(H2,25,26,30). The average Bonchev–Trinajstić information content (AvgIpc) is 3.22. The van der Waals surface area contributed by atoms with Crippen molar-refractivity contribution in [3.05, 3.63) is 60.4 Å². The van der Waals surface area contributed by atoms with Crippen LogP contribution in [0.25, 0.3) is 11.4 Å². The van der Waals surface area contributed by atoms with Gasteiger partial charge in [-0.2, -0.15) is 5.10 Å². The van der Waals surface area contributed by atoms with Gasteiger partial charge in [0.25, 0.3) is 5.91 Å². The third kappa shape index (κ3) is 5.22. The van der Waals surface area contributed by atoms with Crippen LogP contribution in [0, 0.1) is 0 Å². The molecule has 0 unspecified atom stereocenters. The molecule has 0 bridgehead atoms. The lowest BCUT2D eigenvalue weighted by atomic mass is 10.1. The van der Waals surface area contributed by atoms with Crippen molar-refractivity contribution >= 4 is 23.3 Å². The molecule has 1 aromatic carbocycles. The van der Waals surface area contributed by atoms with Gasteiger partial charge in [0.15, 0.2) is 0 Å². The zero-order valence-corrected chi connectivity index (χ0v) is 17.2. The van der Waals surface area contributed by atoms with E-state index in [-0.39, 0.29) is 5.91 Å². The van der Waals surface area contributed by atoms with E-state index < -0.39 is 6.03 Å². The molecule has 0 aliphatic heterocycles. The Kier molecular flexibility index (Phi) is 7.15. The summed E-state index contributed by atoms with van der Waals surface area (Å²) < 4.78 is 0. The first-order valence-electron chi connectivity index (χ1n) is 10.0. The van der Waals surface area contributed by atoms with E-state index in [1.807, 2.05) is 23.1 Å². The van der Waals surface area contributed by atoms with Gasteiger partial charge in [0.2, 0.25) is 0 Å². The number of anilines is 2. The Balaban J connectivity index is 1.63. The van der Waals surface area contributed by atoms with Crippen LogP contribution in [0.4, 0.5) is 16.2 Å². The number of carbonyl (C=O) groups excluding carboxylic acids is 2. The Morgan fingerprint density at radius 2 is 1.73 bits per heavy atom. The van der Waals surface area contributed by atoms with E-state index in [0.717, 1.165) is 25.9 Å². The molecule has 8 heteroatoms. The van der Waals surface area contributed by atoms with Crippen molar-refractivity contribution < 1.29 is 9.59 Å². The summed E-state index contributed by atoms with van der Waals surface area (Å²) in [5, 5.41) is 12.4. The number of rotatable bonds is 8. The van der Waals surface area contributed by atoms with Crippen LogP contribution in [-0.2, 0) is 0 Å². The van der Waals surface area contributed by atoms with Gasteiger partial charge < -0.3 is 15.5 Å². The minimum Gasteiger partial charge on any atom is -0.339 e. The number of benzene rings is 1. The molecule has 30 heavy (non-hydrogen) atoms. The summed E-state index contributed by atoms with van der Waals surface area (Å²) >= 11 is 0. The SMILES string of the molecule is CCCN(CCC)C(=O)c1ccc(NC(=O)Nc2cn[nH]c2-c2ccccn2)cc1. The van der Waals surface area contributed by atoms with Crippen LogP contribution >= 0.6 is 0 Å². The maximum Gasteiger partial charge on any atom is 0.323 e. The summed E-state index contributed by atoms with van der Waals surface area (Å²) in [6.45, 7) is 5.58. The molecule has 0 radical (unpaired) electrons. The summed E-state index contributed by atoms with van der Waals surface area (Å²) in [6, 6.07) is 12.0. The molecule has 0 saturated carbocycles. The lowest BCUT2D eigenvalue weighted by molar-refractivity contribution is 0.0755. The van der Waals surface area contributed by atoms with E-state index in [0.29, 0.717) is 28.3 Å². The number of nitrogens with one attached hydrogen (secondary N) is 3. The van der Waals surface area contributed by atoms with E-state index in [4.69, 9.17) is 0 Å². The number of urea groups is 1. The molecule has 3 aromatic rings. The molecule has 0 fully saturated rings. The van der Waals surface area contributed by atoms with Gasteiger partial charge in [-0.3, -0.25) is 14.9 Å². The molecule has 0 atom stereocenters. The number of hydrogen-bond donors (Lipinski definition) is 3. The number of hydrogen-bond acceptors (Lipinski definition) is 4. The summed E-state index contributed by atoms with van der Waals surface area (Å²) in [4.78, 5) is 31.2. The number of carbonyl (C=O) groups is 2. The van der Waals surface area contributed by atoms with Gasteiger partial charge in [0.1, 0.15) is 5.69 Å². The first kappa shape index (κ1) is 21.0. The number of amides is 3. The Hall–Kier alpha value is -3.68. The molecule has 3 rings (SSSR count). The first-order valence-corrected chi connectivity index (χ1v) is 10.0. The minimum atomic E-state index is -0.411. The Morgan fingerprint density at radius 3 is 2.37 bits per heavy atom. The van der Waals surface area contributed by atoms with E-state index in [2.05, 4.69) is 39.7 Å². The van der Waals surface area contributed by atoms with E-state index in [1.54, 1.807) is 30.5 Å². The van der Waals surface area contributed by atoms with Crippen molar-refractivity contribution in [2.45, 2.75) is 26.7 Å². The number of nitrogens with zero attached hydrogens (tertiary/aromatic N) is 3. The number of aromatic nitrogens is 3. The Labute approximate surface area is 175 Å². The van der Waals surface area contributed by atoms with Gasteiger partial charge in [-0.15, -0.1) is 0 Å². The van der Waals surface area contributed by atoms with Crippen molar-refractivity contribution in [2.24, 2.45) is 0 Å². The third-order valence-electron chi connectivity index (χ3n) is 4.47. The second kappa shape index (κ2) is 10.2. The zero-order chi connectivity index (χ0) is 21.3. The topological polar surface area (TPSA) is 103 Å². The third-order valence-corrected chi connectivity index (χ3v) is 4.47. The Morgan fingerprint density at radius 1 is 1.00 bits per heavy atom. The highest BCUT2D eigenvalue weighted by molar-refractivity contribution is 6.02. The molecule has 3 amide bonds. The Bertz CT molecular complexity index is 963. The normalized spacial score (nSPS) is 10.5. The van der Waals surface area contributed by atoms with Crippen LogP contribution in [0.1, 0.15) is 37.0 Å². The number of aromatic amines is 1. The molecule has 2 aromatic heterocycles. The lowest BCUT2D eigenvalue weighted by Crippen LogP contribution is -2.32. The van der Waals surface area contributed by atoms with Gasteiger partial charge in [-0.1, -0.05) is 19.9 Å². The largest absolute Gasteiger partial charge is 0.339 e. The van der Waals surface area contributed by atoms with Gasteiger partial charge in [-0.25, -0.2) is 4.79 Å². The molecular weight excluding hydrogens is 380 g/mol. The summed E-state index contributed by atoms with van der Waals surface area (Å²) in [6.07, 6.45) is 5.03. The molecule has 2 heterocycles. The summed E-state index contributed by atoms with van der Waals surface area (Å²) in [5.74, 6) is 0.00750. The van der Waals surface area contributed by atoms with Crippen LogP contribution in [0.5, 0.6) is 0 Å². The summed E-state index contributed by atoms with van der Waals surface area (Å²) in [7, 11) is 0. The van der Waals surface area contributed by atoms with Crippen LogP contribution in [0.15, 0.2) is 54.9 Å². The van der Waals surface area contributed by atoms with E-state index in [9.17, 15) is 9.59 Å². The summed E-state index contributed by atoms with van der Waals surface area (Å²) in [5.41, 5.74) is 3.02. The van der Waals surface area contributed by atoms with Crippen molar-refractivity contribution in [2.75, 3.05) is 23.7 Å². The quantitative estimate of drug-likeness (QED) is 0.516. The van der Waals surface area contributed by atoms with E-state index in [1.165, 1.54) is 6.20 Å². The monoisotopic (exact) mass is 406 g/mol. The maximum atomic E-state index is 12.7. The second-order valence-corrected chi connectivity index (χ2v) is 6.82. The average molecular weight is 406 g/mol. The van der Waals surface area contributed by atoms with Crippen LogP contribution in [-0.4, -0.2) is 45.1 Å². The zero-order valence-electron chi connectivity index (χ0n) is 17.2. The molecule has 0 aliphatic rings. The first-order chi connectivity index (χ1) is 14.6.